The number of piperazine rings is 1. The van der Waals surface area contributed by atoms with E-state index >= 15 is 0 Å². The summed E-state index contributed by atoms with van der Waals surface area (Å²) in [6.07, 6.45) is 0.713. The first-order chi connectivity index (χ1) is 22.0. The summed E-state index contributed by atoms with van der Waals surface area (Å²) in [7, 11) is 0. The lowest BCUT2D eigenvalue weighted by molar-refractivity contribution is 0.0936. The van der Waals surface area contributed by atoms with E-state index in [1.165, 1.54) is 17.3 Å². The van der Waals surface area contributed by atoms with Gasteiger partial charge in [-0.1, -0.05) is 114 Å². The summed E-state index contributed by atoms with van der Waals surface area (Å²) in [6, 6.07) is 37.7. The third-order valence-electron chi connectivity index (χ3n) is 7.81. The van der Waals surface area contributed by atoms with Gasteiger partial charge in [0.15, 0.2) is 5.16 Å². The smallest absolute Gasteiger partial charge is 0.251 e. The number of hydrogen-bond acceptors (Lipinski definition) is 6. The normalized spacial score (nSPS) is 13.8. The van der Waals surface area contributed by atoms with Gasteiger partial charge in [-0.05, 0) is 53.4 Å². The summed E-state index contributed by atoms with van der Waals surface area (Å²) in [6.45, 7) is 3.37. The van der Waals surface area contributed by atoms with Gasteiger partial charge in [-0.2, -0.15) is 0 Å². The predicted molar refractivity (Wildman–Crippen MR) is 186 cm³/mol. The van der Waals surface area contributed by atoms with E-state index in [0.717, 1.165) is 53.8 Å². The summed E-state index contributed by atoms with van der Waals surface area (Å²) in [4.78, 5) is 27.1. The average molecular weight is 655 g/mol. The van der Waals surface area contributed by atoms with Crippen molar-refractivity contribution in [2.75, 3.05) is 36.0 Å². The van der Waals surface area contributed by atoms with Crippen molar-refractivity contribution in [2.45, 2.75) is 23.4 Å². The van der Waals surface area contributed by atoms with Crippen molar-refractivity contribution in [3.05, 3.63) is 148 Å². The third-order valence-corrected chi connectivity index (χ3v) is 9.16. The number of rotatable bonds is 10. The van der Waals surface area contributed by atoms with Crippen molar-refractivity contribution >= 4 is 52.4 Å². The molecule has 1 saturated heterocycles. The summed E-state index contributed by atoms with van der Waals surface area (Å²) in [5, 5.41) is 5.04. The van der Waals surface area contributed by atoms with Crippen LogP contribution in [0.15, 0.2) is 120 Å². The minimum Gasteiger partial charge on any atom is -0.368 e. The molecular weight excluding hydrogens is 621 g/mol. The lowest BCUT2D eigenvalue weighted by atomic mass is 9.98. The lowest BCUT2D eigenvalue weighted by Gasteiger charge is -2.36. The van der Waals surface area contributed by atoms with Crippen LogP contribution in [0.3, 0.4) is 0 Å². The largest absolute Gasteiger partial charge is 0.368 e. The van der Waals surface area contributed by atoms with Gasteiger partial charge in [0.1, 0.15) is 11.0 Å². The van der Waals surface area contributed by atoms with Crippen molar-refractivity contribution in [3.8, 4) is 0 Å². The first kappa shape index (κ1) is 31.0. The topological polar surface area (TPSA) is 61.4 Å². The first-order valence-electron chi connectivity index (χ1n) is 14.9. The van der Waals surface area contributed by atoms with E-state index < -0.39 is 0 Å². The van der Waals surface area contributed by atoms with E-state index in [1.54, 1.807) is 0 Å². The molecule has 1 aromatic heterocycles. The van der Waals surface area contributed by atoms with Crippen LogP contribution in [0.5, 0.6) is 0 Å². The number of nitrogens with zero attached hydrogens (tertiary/aromatic N) is 4. The summed E-state index contributed by atoms with van der Waals surface area (Å²) in [5.41, 5.74) is 5.07. The van der Waals surface area contributed by atoms with Gasteiger partial charge in [0, 0.05) is 54.3 Å². The zero-order valence-electron chi connectivity index (χ0n) is 24.7. The predicted octanol–water partition coefficient (Wildman–Crippen LogP) is 8.12. The molecule has 1 unspecified atom stereocenters. The van der Waals surface area contributed by atoms with E-state index in [1.807, 2.05) is 84.9 Å². The van der Waals surface area contributed by atoms with Crippen LogP contribution in [-0.4, -0.2) is 42.1 Å². The maximum Gasteiger partial charge on any atom is 0.251 e. The van der Waals surface area contributed by atoms with E-state index in [4.69, 9.17) is 28.2 Å². The van der Waals surface area contributed by atoms with Crippen LogP contribution in [0.2, 0.25) is 10.2 Å². The fourth-order valence-electron chi connectivity index (χ4n) is 5.41. The van der Waals surface area contributed by atoms with Gasteiger partial charge in [-0.3, -0.25) is 4.79 Å². The molecule has 0 aliphatic carbocycles. The molecule has 0 bridgehead atoms. The quantitative estimate of drug-likeness (QED) is 0.0933. The summed E-state index contributed by atoms with van der Waals surface area (Å²) in [5.74, 6) is 1.39. The molecule has 45 heavy (non-hydrogen) atoms. The zero-order valence-corrected chi connectivity index (χ0v) is 27.0. The monoisotopic (exact) mass is 653 g/mol. The number of benzene rings is 4. The second-order valence-corrected chi connectivity index (χ2v) is 12.7. The second-order valence-electron chi connectivity index (χ2n) is 10.9. The molecule has 1 aliphatic rings. The number of carbonyl (C=O) groups excluding carboxylic acids is 1. The van der Waals surface area contributed by atoms with Gasteiger partial charge < -0.3 is 15.1 Å². The van der Waals surface area contributed by atoms with Crippen LogP contribution in [0.4, 0.5) is 11.5 Å². The van der Waals surface area contributed by atoms with Crippen LogP contribution < -0.4 is 15.1 Å². The highest BCUT2D eigenvalue weighted by atomic mass is 35.5. The van der Waals surface area contributed by atoms with E-state index in [-0.39, 0.29) is 11.9 Å². The number of hydrogen-bond donors (Lipinski definition) is 1. The molecule has 6 rings (SSSR count). The fourth-order valence-corrected chi connectivity index (χ4v) is 6.63. The maximum atomic E-state index is 13.3. The molecule has 1 fully saturated rings. The Morgan fingerprint density at radius 3 is 2.16 bits per heavy atom. The van der Waals surface area contributed by atoms with Gasteiger partial charge in [0.05, 0.1) is 6.04 Å². The molecule has 0 spiro atoms. The van der Waals surface area contributed by atoms with Crippen molar-refractivity contribution in [2.24, 2.45) is 0 Å². The van der Waals surface area contributed by atoms with E-state index in [0.29, 0.717) is 28.0 Å². The Morgan fingerprint density at radius 1 is 0.756 bits per heavy atom. The van der Waals surface area contributed by atoms with E-state index in [9.17, 15) is 4.79 Å². The van der Waals surface area contributed by atoms with E-state index in [2.05, 4.69) is 50.4 Å². The Hall–Kier alpha value is -4.04. The molecule has 4 aromatic carbocycles. The van der Waals surface area contributed by atoms with Crippen LogP contribution in [0.1, 0.15) is 33.1 Å². The number of nitrogens with one attached hydrogen (secondary N) is 1. The molecular formula is C36H33Cl2N5OS. The average Bonchev–Trinajstić information content (AvgIpc) is 3.08. The molecule has 228 valence electrons. The number of thioether (sulfide) groups is 1. The van der Waals surface area contributed by atoms with Crippen molar-refractivity contribution < 1.29 is 4.79 Å². The molecule has 0 saturated carbocycles. The maximum absolute atomic E-state index is 13.3. The number of halogens is 2. The van der Waals surface area contributed by atoms with Crippen LogP contribution in [0, 0.1) is 0 Å². The second kappa shape index (κ2) is 14.8. The minimum absolute atomic E-state index is 0.0998. The SMILES string of the molecule is O=C(NC(Cc1ccccc1)c1ccccc1)c1ccc(CSc2nc(Cl)cc(N3CCN(c4cccc(Cl)c4)CC3)n2)cc1. The standard InChI is InChI=1S/C36H33Cl2N5OS/c37-30-12-7-13-31(23-30)42-18-20-43(21-19-42)34-24-33(38)40-36(41-34)45-25-27-14-16-29(17-15-27)35(44)39-32(28-10-5-2-6-11-28)22-26-8-3-1-4-9-26/h1-17,23-24,32H,18-22,25H2,(H,39,44). The molecule has 6 nitrogen and oxygen atoms in total. The summed E-state index contributed by atoms with van der Waals surface area (Å²) >= 11 is 14.1. The number of carbonyl (C=O) groups is 1. The van der Waals surface area contributed by atoms with Crippen molar-refractivity contribution in [1.82, 2.24) is 15.3 Å². The fraction of sp³-hybridized carbons (Fsp3) is 0.194. The first-order valence-corrected chi connectivity index (χ1v) is 16.7. The molecule has 1 aliphatic heterocycles. The van der Waals surface area contributed by atoms with Crippen molar-refractivity contribution in [1.29, 1.82) is 0 Å². The molecule has 5 aromatic rings. The molecule has 1 amide bonds. The minimum atomic E-state index is -0.134. The van der Waals surface area contributed by atoms with Crippen LogP contribution >= 0.6 is 35.0 Å². The zero-order chi connectivity index (χ0) is 31.0. The van der Waals surface area contributed by atoms with Gasteiger partial charge in [0.2, 0.25) is 0 Å². The van der Waals surface area contributed by atoms with Crippen molar-refractivity contribution in [3.63, 3.8) is 0 Å². The van der Waals surface area contributed by atoms with Crippen LogP contribution in [0.25, 0.3) is 0 Å². The molecule has 9 heteroatoms. The Labute approximate surface area is 278 Å². The van der Waals surface area contributed by atoms with Gasteiger partial charge in [-0.25, -0.2) is 9.97 Å². The Kier molecular flexibility index (Phi) is 10.2. The highest BCUT2D eigenvalue weighted by Crippen LogP contribution is 2.27. The van der Waals surface area contributed by atoms with Gasteiger partial charge >= 0.3 is 0 Å². The Morgan fingerprint density at radius 2 is 1.44 bits per heavy atom. The molecule has 1 N–H and O–H groups in total. The Balaban J connectivity index is 1.06. The van der Waals surface area contributed by atoms with Gasteiger partial charge in [-0.15, -0.1) is 0 Å². The highest BCUT2D eigenvalue weighted by molar-refractivity contribution is 7.98. The van der Waals surface area contributed by atoms with Crippen LogP contribution in [-0.2, 0) is 12.2 Å². The molecule has 2 heterocycles. The summed E-state index contributed by atoms with van der Waals surface area (Å²) < 4.78 is 0. The third kappa shape index (κ3) is 8.37. The van der Waals surface area contributed by atoms with Gasteiger partial charge in [0.25, 0.3) is 5.91 Å². The highest BCUT2D eigenvalue weighted by Gasteiger charge is 2.20. The lowest BCUT2D eigenvalue weighted by Crippen LogP contribution is -2.46. The molecule has 0 radical (unpaired) electrons. The number of aromatic nitrogens is 2. The number of anilines is 2. The Bertz CT molecular complexity index is 1720. The number of amides is 1. The molecule has 1 atom stereocenters.